The zero-order chi connectivity index (χ0) is 8.44. The molecule has 0 aromatic heterocycles. The first-order valence-corrected chi connectivity index (χ1v) is 5.67. The van der Waals surface area contributed by atoms with Gasteiger partial charge >= 0.3 is 0 Å². The summed E-state index contributed by atoms with van der Waals surface area (Å²) in [6.07, 6.45) is 8.31. The van der Waals surface area contributed by atoms with Crippen molar-refractivity contribution in [3.8, 4) is 0 Å². The third-order valence-electron chi connectivity index (χ3n) is 3.36. The number of hydrogen-bond donors (Lipinski definition) is 1. The molecule has 0 aromatic carbocycles. The molecule has 0 aliphatic heterocycles. The lowest BCUT2D eigenvalue weighted by Gasteiger charge is -2.16. The van der Waals surface area contributed by atoms with E-state index in [1.54, 1.807) is 0 Å². The van der Waals surface area contributed by atoms with E-state index in [4.69, 9.17) is 11.6 Å². The van der Waals surface area contributed by atoms with Crippen LogP contribution in [0.5, 0.6) is 0 Å². The molecule has 2 rings (SSSR count). The van der Waals surface area contributed by atoms with Gasteiger partial charge in [0.15, 0.2) is 0 Å². The van der Waals surface area contributed by atoms with E-state index in [0.717, 1.165) is 11.9 Å². The summed E-state index contributed by atoms with van der Waals surface area (Å²) in [5, 5.41) is 3.65. The van der Waals surface area contributed by atoms with Crippen LogP contribution in [0.2, 0.25) is 0 Å². The van der Waals surface area contributed by atoms with Crippen molar-refractivity contribution in [2.45, 2.75) is 44.6 Å². The van der Waals surface area contributed by atoms with Crippen molar-refractivity contribution in [2.75, 3.05) is 12.4 Å². The first-order chi connectivity index (χ1) is 5.85. The van der Waals surface area contributed by atoms with Gasteiger partial charge in [-0.05, 0) is 31.1 Å². The van der Waals surface area contributed by atoms with Gasteiger partial charge in [-0.15, -0.1) is 11.6 Å². The fraction of sp³-hybridized carbons (Fsp3) is 1.00. The molecule has 0 heterocycles. The molecule has 0 unspecified atom stereocenters. The van der Waals surface area contributed by atoms with Crippen LogP contribution in [-0.4, -0.2) is 18.5 Å². The highest BCUT2D eigenvalue weighted by Gasteiger charge is 2.41. The Morgan fingerprint density at radius 3 is 2.42 bits per heavy atom. The largest absolute Gasteiger partial charge is 0.313 e. The molecule has 12 heavy (non-hydrogen) atoms. The zero-order valence-electron chi connectivity index (χ0n) is 7.61. The number of alkyl halides is 1. The first kappa shape index (κ1) is 8.83. The van der Waals surface area contributed by atoms with E-state index < -0.39 is 0 Å². The lowest BCUT2D eigenvalue weighted by Crippen LogP contribution is -2.32. The number of rotatable bonds is 4. The Labute approximate surface area is 79.9 Å². The van der Waals surface area contributed by atoms with Crippen molar-refractivity contribution in [3.05, 3.63) is 0 Å². The number of hydrogen-bond acceptors (Lipinski definition) is 1. The van der Waals surface area contributed by atoms with Crippen LogP contribution in [0.15, 0.2) is 0 Å². The second kappa shape index (κ2) is 3.55. The van der Waals surface area contributed by atoms with E-state index in [1.807, 2.05) is 0 Å². The average molecular weight is 188 g/mol. The number of halogens is 1. The molecule has 2 heteroatoms. The molecule has 1 N–H and O–H groups in total. The zero-order valence-corrected chi connectivity index (χ0v) is 8.37. The Hall–Kier alpha value is 0.250. The van der Waals surface area contributed by atoms with Gasteiger partial charge in [0.05, 0.1) is 0 Å². The Morgan fingerprint density at radius 1 is 1.25 bits per heavy atom. The summed E-state index contributed by atoms with van der Waals surface area (Å²) in [5.41, 5.74) is 0.504. The third-order valence-corrected chi connectivity index (χ3v) is 3.93. The molecular formula is C10H18ClN. The molecule has 0 bridgehead atoms. The Bertz CT molecular complexity index is 148. The molecule has 0 spiro atoms. The molecule has 0 saturated heterocycles. The van der Waals surface area contributed by atoms with E-state index in [9.17, 15) is 0 Å². The highest BCUT2D eigenvalue weighted by Crippen LogP contribution is 2.46. The fourth-order valence-corrected chi connectivity index (χ4v) is 2.39. The van der Waals surface area contributed by atoms with E-state index in [1.165, 1.54) is 45.1 Å². The van der Waals surface area contributed by atoms with Crippen LogP contribution in [0, 0.1) is 5.41 Å². The van der Waals surface area contributed by atoms with Crippen LogP contribution in [-0.2, 0) is 0 Å². The monoisotopic (exact) mass is 187 g/mol. The molecule has 0 radical (unpaired) electrons. The normalized spacial score (nSPS) is 27.8. The van der Waals surface area contributed by atoms with E-state index in [0.29, 0.717) is 5.41 Å². The van der Waals surface area contributed by atoms with Crippen molar-refractivity contribution in [1.29, 1.82) is 0 Å². The van der Waals surface area contributed by atoms with Crippen molar-refractivity contribution >= 4 is 11.6 Å². The molecule has 2 fully saturated rings. The lowest BCUT2D eigenvalue weighted by atomic mass is 10.1. The quantitative estimate of drug-likeness (QED) is 0.668. The molecule has 2 aliphatic rings. The first-order valence-electron chi connectivity index (χ1n) is 5.14. The minimum atomic E-state index is 0.504. The molecule has 0 aromatic rings. The van der Waals surface area contributed by atoms with Crippen LogP contribution in [0.25, 0.3) is 0 Å². The third kappa shape index (κ3) is 1.94. The van der Waals surface area contributed by atoms with Gasteiger partial charge in [-0.25, -0.2) is 0 Å². The number of nitrogens with one attached hydrogen (secondary N) is 1. The van der Waals surface area contributed by atoms with Crippen molar-refractivity contribution < 1.29 is 0 Å². The summed E-state index contributed by atoms with van der Waals surface area (Å²) in [7, 11) is 0. The molecule has 70 valence electrons. The summed E-state index contributed by atoms with van der Waals surface area (Å²) in [4.78, 5) is 0. The highest BCUT2D eigenvalue weighted by atomic mass is 35.5. The van der Waals surface area contributed by atoms with E-state index in [2.05, 4.69) is 5.32 Å². The summed E-state index contributed by atoms with van der Waals surface area (Å²) in [6, 6.07) is 0.811. The van der Waals surface area contributed by atoms with Crippen LogP contribution in [0.3, 0.4) is 0 Å². The van der Waals surface area contributed by atoms with Crippen LogP contribution < -0.4 is 5.32 Å². The van der Waals surface area contributed by atoms with Gasteiger partial charge in [0, 0.05) is 18.5 Å². The van der Waals surface area contributed by atoms with Gasteiger partial charge in [0.25, 0.3) is 0 Å². The van der Waals surface area contributed by atoms with Crippen molar-refractivity contribution in [1.82, 2.24) is 5.32 Å². The topological polar surface area (TPSA) is 12.0 Å². The highest BCUT2D eigenvalue weighted by molar-refractivity contribution is 6.18. The maximum absolute atomic E-state index is 5.90. The molecule has 2 aliphatic carbocycles. The Balaban J connectivity index is 1.67. The fourth-order valence-electron chi connectivity index (χ4n) is 2.03. The maximum atomic E-state index is 5.90. The summed E-state index contributed by atoms with van der Waals surface area (Å²) >= 11 is 5.90. The van der Waals surface area contributed by atoms with Gasteiger partial charge in [-0.2, -0.15) is 0 Å². The van der Waals surface area contributed by atoms with Crippen LogP contribution in [0.4, 0.5) is 0 Å². The van der Waals surface area contributed by atoms with Crippen LogP contribution >= 0.6 is 11.6 Å². The van der Waals surface area contributed by atoms with Crippen LogP contribution in [0.1, 0.15) is 38.5 Å². The Morgan fingerprint density at radius 2 is 1.92 bits per heavy atom. The predicted octanol–water partition coefficient (Wildman–Crippen LogP) is 2.54. The minimum absolute atomic E-state index is 0.504. The van der Waals surface area contributed by atoms with Crippen molar-refractivity contribution in [2.24, 2.45) is 5.41 Å². The van der Waals surface area contributed by atoms with Gasteiger partial charge in [-0.3, -0.25) is 0 Å². The average Bonchev–Trinajstić information content (AvgIpc) is 2.70. The smallest absolute Gasteiger partial charge is 0.0292 e. The SMILES string of the molecule is ClCC1(CNC2CCCC2)CC1. The minimum Gasteiger partial charge on any atom is -0.313 e. The lowest BCUT2D eigenvalue weighted by molar-refractivity contribution is 0.440. The molecular weight excluding hydrogens is 170 g/mol. The predicted molar refractivity (Wildman–Crippen MR) is 52.6 cm³/mol. The second-order valence-corrected chi connectivity index (χ2v) is 4.76. The molecule has 0 atom stereocenters. The summed E-state index contributed by atoms with van der Waals surface area (Å²) < 4.78 is 0. The molecule has 1 nitrogen and oxygen atoms in total. The standard InChI is InChI=1S/C10H18ClN/c11-7-10(5-6-10)8-12-9-3-1-2-4-9/h9,12H,1-8H2. The van der Waals surface area contributed by atoms with E-state index >= 15 is 0 Å². The van der Waals surface area contributed by atoms with Crippen molar-refractivity contribution in [3.63, 3.8) is 0 Å². The van der Waals surface area contributed by atoms with E-state index in [-0.39, 0.29) is 0 Å². The van der Waals surface area contributed by atoms with Gasteiger partial charge < -0.3 is 5.32 Å². The second-order valence-electron chi connectivity index (χ2n) is 4.50. The van der Waals surface area contributed by atoms with Gasteiger partial charge in [0.1, 0.15) is 0 Å². The maximum Gasteiger partial charge on any atom is 0.0292 e. The summed E-state index contributed by atoms with van der Waals surface area (Å²) in [5.74, 6) is 0.854. The summed E-state index contributed by atoms with van der Waals surface area (Å²) in [6.45, 7) is 1.17. The Kier molecular flexibility index (Phi) is 2.61. The molecule has 0 amide bonds. The van der Waals surface area contributed by atoms with Gasteiger partial charge in [0.2, 0.25) is 0 Å². The molecule has 2 saturated carbocycles. The van der Waals surface area contributed by atoms with Gasteiger partial charge in [-0.1, -0.05) is 12.8 Å².